The summed E-state index contributed by atoms with van der Waals surface area (Å²) in [6.45, 7) is 3.29. The standard InChI is InChI=1S/C25H27F3N4O6S/c1-15-20(31-39(35,36)19-5-3-18(4-6-19)29-22(34)14-38-16(2)33)7-8-21-23(15)30-24(25(26,27)28)32(21)13-17-9-11-37-12-10-17/h3-8,17,31H,9-14H2,1-2H3,(H,29,34). The molecule has 4 rings (SSSR count). The van der Waals surface area contributed by atoms with Gasteiger partial charge in [0.2, 0.25) is 5.82 Å². The third-order valence-electron chi connectivity index (χ3n) is 6.31. The number of nitrogens with one attached hydrogen (secondary N) is 2. The van der Waals surface area contributed by atoms with Gasteiger partial charge < -0.3 is 19.4 Å². The van der Waals surface area contributed by atoms with E-state index in [0.717, 1.165) is 11.5 Å². The number of aryl methyl sites for hydroxylation is 1. The smallest absolute Gasteiger partial charge is 0.449 e. The quantitative estimate of drug-likeness (QED) is 0.392. The SMILES string of the molecule is CC(=O)OCC(=O)Nc1ccc(S(=O)(=O)Nc2ccc3c(nc(C(F)(F)F)n3CC3CCOCC3)c2C)cc1. The van der Waals surface area contributed by atoms with Crippen molar-refractivity contribution in [3.8, 4) is 0 Å². The molecular weight excluding hydrogens is 541 g/mol. The number of alkyl halides is 3. The highest BCUT2D eigenvalue weighted by Gasteiger charge is 2.38. The van der Waals surface area contributed by atoms with E-state index in [1.807, 2.05) is 0 Å². The maximum atomic E-state index is 13.9. The maximum Gasteiger partial charge on any atom is 0.449 e. The molecule has 0 aliphatic carbocycles. The van der Waals surface area contributed by atoms with Crippen molar-refractivity contribution < 1.29 is 40.7 Å². The van der Waals surface area contributed by atoms with Crippen molar-refractivity contribution in [1.29, 1.82) is 0 Å². The van der Waals surface area contributed by atoms with E-state index >= 15 is 0 Å². The van der Waals surface area contributed by atoms with Crippen molar-refractivity contribution in [2.45, 2.75) is 44.3 Å². The Kier molecular flexibility index (Phi) is 8.16. The molecule has 10 nitrogen and oxygen atoms in total. The molecule has 0 atom stereocenters. The van der Waals surface area contributed by atoms with Gasteiger partial charge in [-0.1, -0.05) is 0 Å². The molecule has 1 aliphatic rings. The minimum Gasteiger partial charge on any atom is -0.456 e. The number of carbonyl (C=O) groups excluding carboxylic acids is 2. The summed E-state index contributed by atoms with van der Waals surface area (Å²) in [7, 11) is -4.13. The Morgan fingerprint density at radius 1 is 1.13 bits per heavy atom. The number of sulfonamides is 1. The minimum atomic E-state index is -4.69. The lowest BCUT2D eigenvalue weighted by Gasteiger charge is -2.24. The van der Waals surface area contributed by atoms with E-state index in [-0.39, 0.29) is 45.3 Å². The van der Waals surface area contributed by atoms with Crippen molar-refractivity contribution in [3.05, 3.63) is 47.8 Å². The van der Waals surface area contributed by atoms with Gasteiger partial charge in [0.25, 0.3) is 15.9 Å². The Morgan fingerprint density at radius 2 is 1.79 bits per heavy atom. The summed E-state index contributed by atoms with van der Waals surface area (Å²) < 4.78 is 81.2. The number of aromatic nitrogens is 2. The molecule has 210 valence electrons. The second-order valence-electron chi connectivity index (χ2n) is 9.16. The van der Waals surface area contributed by atoms with Gasteiger partial charge in [0.15, 0.2) is 6.61 Å². The van der Waals surface area contributed by atoms with E-state index < -0.39 is 40.5 Å². The molecule has 1 amide bonds. The van der Waals surface area contributed by atoms with Crippen LogP contribution in [0.1, 0.15) is 31.2 Å². The molecule has 1 fully saturated rings. The zero-order valence-electron chi connectivity index (χ0n) is 21.2. The number of anilines is 2. The first kappa shape index (κ1) is 28.4. The van der Waals surface area contributed by atoms with Crippen molar-refractivity contribution in [2.24, 2.45) is 5.92 Å². The van der Waals surface area contributed by atoms with E-state index in [4.69, 9.17) is 4.74 Å². The number of rotatable bonds is 8. The summed E-state index contributed by atoms with van der Waals surface area (Å²) in [6.07, 6.45) is -3.41. The van der Waals surface area contributed by atoms with Gasteiger partial charge in [0.1, 0.15) is 0 Å². The Morgan fingerprint density at radius 3 is 2.41 bits per heavy atom. The minimum absolute atomic E-state index is 0.00477. The summed E-state index contributed by atoms with van der Waals surface area (Å²) in [5.41, 5.74) is 0.939. The average molecular weight is 569 g/mol. The molecule has 1 aromatic heterocycles. The van der Waals surface area contributed by atoms with E-state index in [1.54, 1.807) is 0 Å². The van der Waals surface area contributed by atoms with Crippen LogP contribution in [0.15, 0.2) is 41.3 Å². The number of esters is 1. The van der Waals surface area contributed by atoms with Gasteiger partial charge in [-0.05, 0) is 62.1 Å². The number of ether oxygens (including phenoxy) is 2. The fraction of sp³-hybridized carbons (Fsp3) is 0.400. The number of benzene rings is 2. The van der Waals surface area contributed by atoms with Crippen LogP contribution >= 0.6 is 0 Å². The first-order valence-electron chi connectivity index (χ1n) is 12.1. The molecule has 2 aromatic carbocycles. The Hall–Kier alpha value is -3.65. The molecule has 3 aromatic rings. The second kappa shape index (κ2) is 11.2. The fourth-order valence-corrected chi connectivity index (χ4v) is 5.43. The molecule has 0 saturated carbocycles. The summed E-state index contributed by atoms with van der Waals surface area (Å²) in [5, 5.41) is 2.46. The van der Waals surface area contributed by atoms with Crippen molar-refractivity contribution in [3.63, 3.8) is 0 Å². The molecule has 2 N–H and O–H groups in total. The van der Waals surface area contributed by atoms with E-state index in [9.17, 15) is 31.2 Å². The molecule has 39 heavy (non-hydrogen) atoms. The number of halogens is 3. The van der Waals surface area contributed by atoms with E-state index in [2.05, 4.69) is 19.8 Å². The van der Waals surface area contributed by atoms with Crippen molar-refractivity contribution in [1.82, 2.24) is 9.55 Å². The lowest BCUT2D eigenvalue weighted by atomic mass is 10.00. The van der Waals surface area contributed by atoms with Crippen LogP contribution in [-0.4, -0.2) is 49.7 Å². The maximum absolute atomic E-state index is 13.9. The fourth-order valence-electron chi connectivity index (χ4n) is 4.31. The highest BCUT2D eigenvalue weighted by Crippen LogP contribution is 2.36. The number of nitrogens with zero attached hydrogens (tertiary/aromatic N) is 2. The van der Waals surface area contributed by atoms with Gasteiger partial charge in [0.05, 0.1) is 21.6 Å². The van der Waals surface area contributed by atoms with Crippen LogP contribution in [0.3, 0.4) is 0 Å². The Balaban J connectivity index is 1.57. The molecule has 2 heterocycles. The van der Waals surface area contributed by atoms with Gasteiger partial charge in [-0.15, -0.1) is 0 Å². The van der Waals surface area contributed by atoms with Gasteiger partial charge >= 0.3 is 12.1 Å². The molecule has 0 spiro atoms. The van der Waals surface area contributed by atoms with Crippen LogP contribution in [0.2, 0.25) is 0 Å². The predicted octanol–water partition coefficient (Wildman–Crippen LogP) is 4.09. The Labute approximate surface area is 222 Å². The molecule has 0 radical (unpaired) electrons. The predicted molar refractivity (Wildman–Crippen MR) is 136 cm³/mol. The normalized spacial score (nSPS) is 14.8. The lowest BCUT2D eigenvalue weighted by molar-refractivity contribution is -0.147. The van der Waals surface area contributed by atoms with Crippen molar-refractivity contribution in [2.75, 3.05) is 29.9 Å². The summed E-state index contributed by atoms with van der Waals surface area (Å²) in [5.74, 6) is -2.24. The molecule has 0 unspecified atom stereocenters. The molecule has 1 aliphatic heterocycles. The number of carbonyl (C=O) groups is 2. The van der Waals surface area contributed by atoms with E-state index in [1.165, 1.54) is 43.3 Å². The van der Waals surface area contributed by atoms with Crippen LogP contribution in [0.5, 0.6) is 0 Å². The summed E-state index contributed by atoms with van der Waals surface area (Å²) in [4.78, 5) is 26.3. The largest absolute Gasteiger partial charge is 0.456 e. The van der Waals surface area contributed by atoms with E-state index in [0.29, 0.717) is 26.1 Å². The van der Waals surface area contributed by atoms with Crippen LogP contribution < -0.4 is 10.0 Å². The van der Waals surface area contributed by atoms with Gasteiger partial charge in [-0.25, -0.2) is 13.4 Å². The molecule has 14 heteroatoms. The molecular formula is C25H27F3N4O6S. The number of hydrogen-bond acceptors (Lipinski definition) is 7. The lowest BCUT2D eigenvalue weighted by Crippen LogP contribution is -2.23. The van der Waals surface area contributed by atoms with Gasteiger partial charge in [-0.2, -0.15) is 13.2 Å². The zero-order chi connectivity index (χ0) is 28.4. The van der Waals surface area contributed by atoms with Crippen LogP contribution in [0.25, 0.3) is 11.0 Å². The second-order valence-corrected chi connectivity index (χ2v) is 10.8. The Bertz CT molecular complexity index is 1480. The topological polar surface area (TPSA) is 129 Å². The molecule has 0 bridgehead atoms. The van der Waals surface area contributed by atoms with Gasteiger partial charge in [0, 0.05) is 37.9 Å². The monoisotopic (exact) mass is 568 g/mol. The average Bonchev–Trinajstić information content (AvgIpc) is 3.25. The number of hydrogen-bond donors (Lipinski definition) is 2. The summed E-state index contributed by atoms with van der Waals surface area (Å²) in [6, 6.07) is 8.06. The molecule has 1 saturated heterocycles. The highest BCUT2D eigenvalue weighted by atomic mass is 32.2. The summed E-state index contributed by atoms with van der Waals surface area (Å²) >= 11 is 0. The van der Waals surface area contributed by atoms with Crippen LogP contribution in [0, 0.1) is 12.8 Å². The van der Waals surface area contributed by atoms with Crippen LogP contribution in [0.4, 0.5) is 24.5 Å². The first-order valence-corrected chi connectivity index (χ1v) is 13.5. The number of amides is 1. The zero-order valence-corrected chi connectivity index (χ0v) is 22.0. The van der Waals surface area contributed by atoms with Gasteiger partial charge in [-0.3, -0.25) is 14.3 Å². The third kappa shape index (κ3) is 6.68. The third-order valence-corrected chi connectivity index (χ3v) is 7.69. The number of fused-ring (bicyclic) bond motifs is 1. The highest BCUT2D eigenvalue weighted by molar-refractivity contribution is 7.92. The van der Waals surface area contributed by atoms with Crippen LogP contribution in [-0.2, 0) is 41.8 Å². The number of imidazole rings is 1. The first-order chi connectivity index (χ1) is 18.3. The van der Waals surface area contributed by atoms with Crippen molar-refractivity contribution >= 4 is 44.3 Å².